The van der Waals surface area contributed by atoms with Crippen LogP contribution < -0.4 is 15.2 Å². The fourth-order valence-electron chi connectivity index (χ4n) is 2.85. The highest BCUT2D eigenvalue weighted by atomic mass is 35.5. The molecule has 0 spiro atoms. The van der Waals surface area contributed by atoms with Crippen LogP contribution in [0.1, 0.15) is 32.1 Å². The van der Waals surface area contributed by atoms with Gasteiger partial charge in [0.15, 0.2) is 0 Å². The van der Waals surface area contributed by atoms with Gasteiger partial charge in [-0.05, 0) is 44.2 Å². The van der Waals surface area contributed by atoms with E-state index < -0.39 is 21.5 Å². The monoisotopic (exact) mass is 386 g/mol. The van der Waals surface area contributed by atoms with Gasteiger partial charge in [-0.25, -0.2) is 13.1 Å². The maximum atomic E-state index is 12.6. The van der Waals surface area contributed by atoms with E-state index in [9.17, 15) is 13.2 Å². The lowest BCUT2D eigenvalue weighted by Crippen LogP contribution is -2.46. The van der Waals surface area contributed by atoms with E-state index in [2.05, 4.69) is 4.72 Å². The topological polar surface area (TPSA) is 98.5 Å². The van der Waals surface area contributed by atoms with Crippen LogP contribution in [0.2, 0.25) is 0 Å². The minimum absolute atomic E-state index is 0. The number of hydrogen-bond donors (Lipinski definition) is 2. The highest BCUT2D eigenvalue weighted by molar-refractivity contribution is 7.90. The zero-order valence-corrected chi connectivity index (χ0v) is 15.4. The van der Waals surface area contributed by atoms with E-state index in [-0.39, 0.29) is 29.0 Å². The van der Waals surface area contributed by atoms with Gasteiger partial charge >= 0.3 is 0 Å². The second-order valence-electron chi connectivity index (χ2n) is 6.36. The first kappa shape index (κ1) is 19.8. The summed E-state index contributed by atoms with van der Waals surface area (Å²) in [5.41, 5.74) is 4.92. The fraction of sp³-hybridized carbons (Fsp3) is 0.471. The van der Waals surface area contributed by atoms with Crippen molar-refractivity contribution in [2.24, 2.45) is 11.7 Å². The largest absolute Gasteiger partial charge is 0.492 e. The first-order chi connectivity index (χ1) is 11.4. The van der Waals surface area contributed by atoms with Crippen LogP contribution >= 0.6 is 12.4 Å². The molecule has 1 heterocycles. The Hall–Kier alpha value is -1.57. The predicted molar refractivity (Wildman–Crippen MR) is 97.1 cm³/mol. The first-order valence-corrected chi connectivity index (χ1v) is 9.66. The Kier molecular flexibility index (Phi) is 6.13. The second-order valence-corrected chi connectivity index (χ2v) is 8.01. The van der Waals surface area contributed by atoms with E-state index in [1.165, 1.54) is 6.07 Å². The molecule has 2 atom stereocenters. The first-order valence-electron chi connectivity index (χ1n) is 8.18. The lowest BCUT2D eigenvalue weighted by atomic mass is 10.1. The van der Waals surface area contributed by atoms with Crippen LogP contribution in [0.15, 0.2) is 41.3 Å². The normalized spacial score (nSPS) is 30.0. The van der Waals surface area contributed by atoms with Crippen LogP contribution in [0, 0.1) is 5.92 Å². The smallest absolute Gasteiger partial charge is 0.267 e. The Morgan fingerprint density at radius 2 is 1.96 bits per heavy atom. The highest BCUT2D eigenvalue weighted by Crippen LogP contribution is 2.42. The van der Waals surface area contributed by atoms with Crippen LogP contribution in [-0.2, 0) is 14.8 Å². The summed E-state index contributed by atoms with van der Waals surface area (Å²) in [5, 5.41) is 0. The number of para-hydroxylation sites is 1. The van der Waals surface area contributed by atoms with Crippen LogP contribution in [-0.4, -0.2) is 26.5 Å². The van der Waals surface area contributed by atoms with E-state index in [4.69, 9.17) is 10.5 Å². The van der Waals surface area contributed by atoms with Crippen molar-refractivity contribution in [1.82, 2.24) is 4.72 Å². The summed E-state index contributed by atoms with van der Waals surface area (Å²) in [6.07, 6.45) is 8.20. The highest BCUT2D eigenvalue weighted by Gasteiger charge is 2.56. The minimum Gasteiger partial charge on any atom is -0.492 e. The summed E-state index contributed by atoms with van der Waals surface area (Å²) in [6, 6.07) is 6.32. The summed E-state index contributed by atoms with van der Waals surface area (Å²) in [4.78, 5) is 12.3. The van der Waals surface area contributed by atoms with Crippen molar-refractivity contribution in [1.29, 1.82) is 0 Å². The Labute approximate surface area is 154 Å². The standard InChI is InChI=1S/C17H22N2O4S.ClH/c18-17-12-13(17)8-4-2-1-3-7-11-23-14-9-5-6-10-15(14)24(21,22)19-16(17)20;/h4-6,8-10,13H,1-3,7,11-12,18H2,(H,19,20);1H/b8-4-;/t13-,17-;/m1./s1. The fourth-order valence-corrected chi connectivity index (χ4v) is 4.05. The number of carbonyl (C=O) groups is 1. The van der Waals surface area contributed by atoms with Gasteiger partial charge in [-0.15, -0.1) is 12.4 Å². The van der Waals surface area contributed by atoms with Gasteiger partial charge < -0.3 is 10.5 Å². The van der Waals surface area contributed by atoms with Crippen molar-refractivity contribution in [2.45, 2.75) is 42.5 Å². The van der Waals surface area contributed by atoms with E-state index in [0.29, 0.717) is 13.0 Å². The molecule has 1 saturated carbocycles. The van der Waals surface area contributed by atoms with Crippen LogP contribution in [0.3, 0.4) is 0 Å². The molecule has 0 saturated heterocycles. The molecule has 1 aromatic carbocycles. The minimum atomic E-state index is -4.02. The summed E-state index contributed by atoms with van der Waals surface area (Å²) in [6.45, 7) is 0.438. The predicted octanol–water partition coefficient (Wildman–Crippen LogP) is 2.14. The van der Waals surface area contributed by atoms with Crippen molar-refractivity contribution in [2.75, 3.05) is 6.61 Å². The number of nitrogens with one attached hydrogen (secondary N) is 1. The molecule has 6 nitrogen and oxygen atoms in total. The molecule has 3 N–H and O–H groups in total. The Morgan fingerprint density at radius 1 is 1.20 bits per heavy atom. The number of sulfonamides is 1. The van der Waals surface area contributed by atoms with Crippen LogP contribution in [0.25, 0.3) is 0 Å². The van der Waals surface area contributed by atoms with Gasteiger partial charge in [0, 0.05) is 5.92 Å². The third-order valence-corrected chi connectivity index (χ3v) is 5.86. The van der Waals surface area contributed by atoms with Gasteiger partial charge in [0.2, 0.25) is 0 Å². The third-order valence-electron chi connectivity index (χ3n) is 4.49. The molecule has 0 bridgehead atoms. The van der Waals surface area contributed by atoms with Crippen molar-refractivity contribution >= 4 is 28.3 Å². The van der Waals surface area contributed by atoms with Crippen molar-refractivity contribution in [3.05, 3.63) is 36.4 Å². The number of halogens is 1. The zero-order valence-electron chi connectivity index (χ0n) is 13.8. The molecule has 0 aromatic heterocycles. The van der Waals surface area contributed by atoms with Gasteiger partial charge in [-0.3, -0.25) is 4.79 Å². The number of fused-ring (bicyclic) bond motifs is 2. The molecular formula is C17H23ClN2O4S. The number of hydrogen-bond acceptors (Lipinski definition) is 5. The van der Waals surface area contributed by atoms with Crippen LogP contribution in [0.5, 0.6) is 5.75 Å². The molecule has 1 aromatic rings. The van der Waals surface area contributed by atoms with E-state index in [0.717, 1.165) is 25.7 Å². The molecule has 1 fully saturated rings. The molecule has 1 aliphatic heterocycles. The summed E-state index contributed by atoms with van der Waals surface area (Å²) in [7, 11) is -4.02. The quantitative estimate of drug-likeness (QED) is 0.665. The Morgan fingerprint density at radius 3 is 2.76 bits per heavy atom. The number of ether oxygens (including phenoxy) is 1. The van der Waals surface area contributed by atoms with Crippen molar-refractivity contribution in [3.8, 4) is 5.75 Å². The average molecular weight is 387 g/mol. The maximum Gasteiger partial charge on any atom is 0.267 e. The lowest BCUT2D eigenvalue weighted by molar-refractivity contribution is -0.121. The SMILES string of the molecule is Cl.N[C@]12C[C@H]1/C=C\CCCCCOc1ccccc1S(=O)(=O)NC2=O. The third kappa shape index (κ3) is 4.34. The number of allylic oxidation sites excluding steroid dienone is 1. The number of rotatable bonds is 0. The molecule has 2 aliphatic rings. The van der Waals surface area contributed by atoms with E-state index >= 15 is 0 Å². The van der Waals surface area contributed by atoms with Gasteiger partial charge in [0.05, 0.1) is 6.61 Å². The summed E-state index contributed by atoms with van der Waals surface area (Å²) in [5.74, 6) is -0.518. The lowest BCUT2D eigenvalue weighted by Gasteiger charge is -2.15. The summed E-state index contributed by atoms with van der Waals surface area (Å²) < 4.78 is 32.8. The molecule has 0 radical (unpaired) electrons. The maximum absolute atomic E-state index is 12.6. The molecule has 0 unspecified atom stereocenters. The van der Waals surface area contributed by atoms with Crippen molar-refractivity contribution < 1.29 is 17.9 Å². The molecule has 1 aliphatic carbocycles. The molecule has 138 valence electrons. The average Bonchev–Trinajstić information content (AvgIpc) is 3.21. The molecule has 25 heavy (non-hydrogen) atoms. The second kappa shape index (κ2) is 7.76. The van der Waals surface area contributed by atoms with Gasteiger partial charge in [0.1, 0.15) is 16.2 Å². The number of carbonyl (C=O) groups excluding carboxylic acids is 1. The van der Waals surface area contributed by atoms with E-state index in [1.54, 1.807) is 18.2 Å². The van der Waals surface area contributed by atoms with Crippen LogP contribution in [0.4, 0.5) is 0 Å². The molecule has 8 heteroatoms. The Bertz CT molecular complexity index is 766. The number of nitrogens with two attached hydrogens (primary N) is 1. The zero-order chi connectivity index (χ0) is 17.2. The molecule has 3 rings (SSSR count). The summed E-state index contributed by atoms with van der Waals surface area (Å²) >= 11 is 0. The van der Waals surface area contributed by atoms with Gasteiger partial charge in [-0.2, -0.15) is 0 Å². The number of amides is 1. The molecular weight excluding hydrogens is 364 g/mol. The Balaban J connectivity index is 0.00000225. The van der Waals surface area contributed by atoms with E-state index in [1.807, 2.05) is 12.2 Å². The van der Waals surface area contributed by atoms with Crippen molar-refractivity contribution in [3.63, 3.8) is 0 Å². The number of benzene rings is 1. The van der Waals surface area contributed by atoms with Gasteiger partial charge in [0.25, 0.3) is 15.9 Å². The molecule has 1 amide bonds. The van der Waals surface area contributed by atoms with Gasteiger partial charge in [-0.1, -0.05) is 24.3 Å².